The summed E-state index contributed by atoms with van der Waals surface area (Å²) in [4.78, 5) is 26.7. The molecule has 0 aromatic heterocycles. The lowest BCUT2D eigenvalue weighted by atomic mass is 9.96. The third kappa shape index (κ3) is 2.98. The van der Waals surface area contributed by atoms with Crippen LogP contribution >= 0.6 is 15.9 Å². The maximum Gasteiger partial charge on any atom is 0.250 e. The van der Waals surface area contributed by atoms with E-state index in [2.05, 4.69) is 21.2 Å². The van der Waals surface area contributed by atoms with Crippen LogP contribution in [0.25, 0.3) is 0 Å². The van der Waals surface area contributed by atoms with Crippen LogP contribution in [0.15, 0.2) is 22.7 Å². The predicted octanol–water partition coefficient (Wildman–Crippen LogP) is 3.02. The van der Waals surface area contributed by atoms with Crippen LogP contribution in [0.2, 0.25) is 0 Å². The lowest BCUT2D eigenvalue weighted by Crippen LogP contribution is -2.64. The Bertz CT molecular complexity index is 571. The van der Waals surface area contributed by atoms with E-state index >= 15 is 0 Å². The Balaban J connectivity index is 2.46. The van der Waals surface area contributed by atoms with Gasteiger partial charge >= 0.3 is 0 Å². The minimum atomic E-state index is -0.458. The summed E-state index contributed by atoms with van der Waals surface area (Å²) < 4.78 is 0.940. The number of nitrogens with zero attached hydrogens (tertiary/aromatic N) is 1. The Morgan fingerprint density at radius 2 is 2.00 bits per heavy atom. The Kier molecular flexibility index (Phi) is 4.71. The van der Waals surface area contributed by atoms with Crippen molar-refractivity contribution in [3.63, 3.8) is 0 Å². The molecular weight excluding hydrogens is 332 g/mol. The number of piperazine rings is 1. The average molecular weight is 353 g/mol. The zero-order valence-electron chi connectivity index (χ0n) is 12.8. The summed E-state index contributed by atoms with van der Waals surface area (Å²) >= 11 is 3.50. The molecule has 4 nitrogen and oxygen atoms in total. The number of amides is 2. The van der Waals surface area contributed by atoms with Crippen LogP contribution in [0.1, 0.15) is 32.8 Å². The molecule has 1 aliphatic rings. The van der Waals surface area contributed by atoms with Crippen molar-refractivity contribution >= 4 is 33.4 Å². The van der Waals surface area contributed by atoms with Crippen molar-refractivity contribution in [1.29, 1.82) is 0 Å². The normalized spacial score (nSPS) is 22.7. The second-order valence-electron chi connectivity index (χ2n) is 5.80. The molecule has 21 heavy (non-hydrogen) atoms. The Morgan fingerprint density at radius 3 is 2.52 bits per heavy atom. The first kappa shape index (κ1) is 16.0. The van der Waals surface area contributed by atoms with Gasteiger partial charge in [0.2, 0.25) is 5.91 Å². The summed E-state index contributed by atoms with van der Waals surface area (Å²) in [5, 5.41) is 2.85. The van der Waals surface area contributed by atoms with Crippen LogP contribution < -0.4 is 10.2 Å². The minimum absolute atomic E-state index is 0.0350. The first-order valence-corrected chi connectivity index (χ1v) is 8.05. The number of carbonyl (C=O) groups is 2. The highest BCUT2D eigenvalue weighted by atomic mass is 79.9. The SMILES string of the molecule is CCC1C(=O)NC(C(C)C)C(=O)N1c1ccc(C)c(Br)c1. The number of hydrogen-bond acceptors (Lipinski definition) is 2. The van der Waals surface area contributed by atoms with Gasteiger partial charge in [0.25, 0.3) is 5.91 Å². The highest BCUT2D eigenvalue weighted by Gasteiger charge is 2.41. The molecule has 5 heteroatoms. The molecule has 0 spiro atoms. The van der Waals surface area contributed by atoms with E-state index in [-0.39, 0.29) is 17.7 Å². The van der Waals surface area contributed by atoms with E-state index in [9.17, 15) is 9.59 Å². The first-order valence-electron chi connectivity index (χ1n) is 7.26. The molecule has 2 rings (SSSR count). The number of benzene rings is 1. The molecule has 1 N–H and O–H groups in total. The van der Waals surface area contributed by atoms with Crippen molar-refractivity contribution in [3.05, 3.63) is 28.2 Å². The second kappa shape index (κ2) is 6.18. The highest BCUT2D eigenvalue weighted by Crippen LogP contribution is 2.29. The number of carbonyl (C=O) groups excluding carboxylic acids is 2. The summed E-state index contributed by atoms with van der Waals surface area (Å²) in [7, 11) is 0. The van der Waals surface area contributed by atoms with Crippen molar-refractivity contribution < 1.29 is 9.59 Å². The standard InChI is InChI=1S/C16H21BrN2O2/c1-5-13-15(20)18-14(9(2)3)16(21)19(13)11-7-6-10(4)12(17)8-11/h6-9,13-14H,5H2,1-4H3,(H,18,20). The monoisotopic (exact) mass is 352 g/mol. The maximum atomic E-state index is 12.8. The molecule has 1 aromatic rings. The van der Waals surface area contributed by atoms with Gasteiger partial charge in [-0.15, -0.1) is 0 Å². The summed E-state index contributed by atoms with van der Waals surface area (Å²) in [5.41, 5.74) is 1.87. The molecule has 1 fully saturated rings. The van der Waals surface area contributed by atoms with Crippen LogP contribution in [0.3, 0.4) is 0 Å². The van der Waals surface area contributed by atoms with E-state index < -0.39 is 12.1 Å². The van der Waals surface area contributed by atoms with Gasteiger partial charge in [-0.05, 0) is 37.0 Å². The average Bonchev–Trinajstić information content (AvgIpc) is 2.43. The molecule has 1 saturated heterocycles. The van der Waals surface area contributed by atoms with Crippen molar-refractivity contribution in [2.75, 3.05) is 4.90 Å². The van der Waals surface area contributed by atoms with Crippen LogP contribution in [0.5, 0.6) is 0 Å². The number of aryl methyl sites for hydroxylation is 1. The number of anilines is 1. The fourth-order valence-electron chi connectivity index (χ4n) is 2.59. The van der Waals surface area contributed by atoms with E-state index in [4.69, 9.17) is 0 Å². The fraction of sp³-hybridized carbons (Fsp3) is 0.500. The topological polar surface area (TPSA) is 49.4 Å². The fourth-order valence-corrected chi connectivity index (χ4v) is 2.96. The van der Waals surface area contributed by atoms with E-state index in [1.807, 2.05) is 45.9 Å². The Hall–Kier alpha value is -1.36. The zero-order chi connectivity index (χ0) is 15.7. The highest BCUT2D eigenvalue weighted by molar-refractivity contribution is 9.10. The molecule has 2 atom stereocenters. The molecular formula is C16H21BrN2O2. The number of rotatable bonds is 3. The van der Waals surface area contributed by atoms with Crippen LogP contribution in [0.4, 0.5) is 5.69 Å². The van der Waals surface area contributed by atoms with Crippen LogP contribution in [0, 0.1) is 12.8 Å². The minimum Gasteiger partial charge on any atom is -0.342 e. The van der Waals surface area contributed by atoms with Crippen molar-refractivity contribution in [2.24, 2.45) is 5.92 Å². The molecule has 2 amide bonds. The zero-order valence-corrected chi connectivity index (χ0v) is 14.4. The van der Waals surface area contributed by atoms with Gasteiger partial charge in [0.15, 0.2) is 0 Å². The van der Waals surface area contributed by atoms with Gasteiger partial charge in [-0.25, -0.2) is 0 Å². The summed E-state index contributed by atoms with van der Waals surface area (Å²) in [6.45, 7) is 7.80. The summed E-state index contributed by atoms with van der Waals surface area (Å²) in [6.07, 6.45) is 0.591. The van der Waals surface area contributed by atoms with E-state index in [1.165, 1.54) is 0 Å². The first-order chi connectivity index (χ1) is 9.86. The lowest BCUT2D eigenvalue weighted by Gasteiger charge is -2.40. The molecule has 0 saturated carbocycles. The molecule has 0 bridgehead atoms. The van der Waals surface area contributed by atoms with E-state index in [1.54, 1.807) is 4.90 Å². The molecule has 0 radical (unpaired) electrons. The largest absolute Gasteiger partial charge is 0.342 e. The molecule has 114 valence electrons. The smallest absolute Gasteiger partial charge is 0.250 e. The third-order valence-corrected chi connectivity index (χ3v) is 4.76. The molecule has 1 heterocycles. The van der Waals surface area contributed by atoms with Crippen molar-refractivity contribution in [2.45, 2.75) is 46.2 Å². The Morgan fingerprint density at radius 1 is 1.33 bits per heavy atom. The predicted molar refractivity (Wildman–Crippen MR) is 87.2 cm³/mol. The van der Waals surface area contributed by atoms with Gasteiger partial charge in [-0.3, -0.25) is 14.5 Å². The van der Waals surface area contributed by atoms with E-state index in [0.717, 1.165) is 15.7 Å². The number of hydrogen-bond donors (Lipinski definition) is 1. The van der Waals surface area contributed by atoms with Gasteiger partial charge in [-0.2, -0.15) is 0 Å². The van der Waals surface area contributed by atoms with Crippen molar-refractivity contribution in [3.8, 4) is 0 Å². The molecule has 1 aliphatic heterocycles. The van der Waals surface area contributed by atoms with Gasteiger partial charge in [-0.1, -0.05) is 42.8 Å². The number of halogens is 1. The third-order valence-electron chi connectivity index (χ3n) is 3.90. The molecule has 1 aromatic carbocycles. The second-order valence-corrected chi connectivity index (χ2v) is 6.65. The maximum absolute atomic E-state index is 12.8. The lowest BCUT2D eigenvalue weighted by molar-refractivity contribution is -0.134. The number of nitrogens with one attached hydrogen (secondary N) is 1. The van der Waals surface area contributed by atoms with Crippen molar-refractivity contribution in [1.82, 2.24) is 5.32 Å². The summed E-state index contributed by atoms with van der Waals surface area (Å²) in [5.74, 6) is -0.0460. The van der Waals surface area contributed by atoms with Gasteiger partial charge in [0.1, 0.15) is 12.1 Å². The summed E-state index contributed by atoms with van der Waals surface area (Å²) in [6, 6.07) is 4.86. The molecule has 2 unspecified atom stereocenters. The van der Waals surface area contributed by atoms with E-state index in [0.29, 0.717) is 6.42 Å². The van der Waals surface area contributed by atoms with Gasteiger partial charge in [0.05, 0.1) is 0 Å². The van der Waals surface area contributed by atoms with Gasteiger partial charge in [0, 0.05) is 10.2 Å². The van der Waals surface area contributed by atoms with Crippen LogP contribution in [-0.4, -0.2) is 23.9 Å². The molecule has 0 aliphatic carbocycles. The Labute approximate surface area is 134 Å². The van der Waals surface area contributed by atoms with Crippen LogP contribution in [-0.2, 0) is 9.59 Å². The quantitative estimate of drug-likeness (QED) is 0.908. The van der Waals surface area contributed by atoms with Gasteiger partial charge < -0.3 is 5.32 Å².